The third kappa shape index (κ3) is 4.62. The molecule has 1 N–H and O–H groups in total. The molecular weight excluding hydrogens is 442 g/mol. The predicted octanol–water partition coefficient (Wildman–Crippen LogP) is 5.02. The summed E-state index contributed by atoms with van der Waals surface area (Å²) in [5, 5.41) is 10.7. The fourth-order valence-corrected chi connectivity index (χ4v) is 3.47. The van der Waals surface area contributed by atoms with Gasteiger partial charge in [-0.25, -0.2) is 0 Å². The second-order valence-electron chi connectivity index (χ2n) is 6.78. The van der Waals surface area contributed by atoms with Crippen LogP contribution in [0.2, 0.25) is 10.0 Å². The maximum atomic E-state index is 13.0. The molecule has 2 aromatic heterocycles. The van der Waals surface area contributed by atoms with Gasteiger partial charge >= 0.3 is 6.18 Å². The van der Waals surface area contributed by atoms with Crippen LogP contribution in [0.25, 0.3) is 0 Å². The highest BCUT2D eigenvalue weighted by atomic mass is 35.5. The maximum absolute atomic E-state index is 13.0. The molecule has 2 heterocycles. The number of nitrogens with one attached hydrogen (secondary N) is 1. The first-order valence-corrected chi connectivity index (χ1v) is 9.61. The monoisotopic (exact) mass is 459 g/mol. The van der Waals surface area contributed by atoms with Crippen LogP contribution in [0.5, 0.6) is 0 Å². The number of halogens is 5. The SMILES string of the molecule is Cc1nn(Cc2cccc(Cl)c2)c(C)c1NC(=O)Cn1nc(C(F)(F)F)c(Cl)c1C. The fraction of sp³-hybridized carbons (Fsp3) is 0.316. The van der Waals surface area contributed by atoms with Crippen LogP contribution in [0.3, 0.4) is 0 Å². The Kier molecular flexibility index (Phi) is 6.14. The van der Waals surface area contributed by atoms with E-state index in [9.17, 15) is 18.0 Å². The molecular formula is C19H18Cl2F3N5O. The number of rotatable bonds is 5. The largest absolute Gasteiger partial charge is 0.436 e. The van der Waals surface area contributed by atoms with Crippen molar-refractivity contribution in [3.8, 4) is 0 Å². The Morgan fingerprint density at radius 2 is 1.80 bits per heavy atom. The van der Waals surface area contributed by atoms with Crippen molar-refractivity contribution in [2.24, 2.45) is 0 Å². The minimum Gasteiger partial charge on any atom is -0.321 e. The van der Waals surface area contributed by atoms with Crippen LogP contribution in [0.1, 0.15) is 28.3 Å². The summed E-state index contributed by atoms with van der Waals surface area (Å²) in [4.78, 5) is 12.5. The Bertz CT molecular complexity index is 1100. The number of carbonyl (C=O) groups excluding carboxylic acids is 1. The van der Waals surface area contributed by atoms with E-state index in [4.69, 9.17) is 23.2 Å². The summed E-state index contributed by atoms with van der Waals surface area (Å²) in [5.41, 5.74) is 1.56. The molecule has 0 saturated heterocycles. The molecule has 0 aliphatic rings. The van der Waals surface area contributed by atoms with Crippen LogP contribution < -0.4 is 5.32 Å². The number of carbonyl (C=O) groups is 1. The molecule has 30 heavy (non-hydrogen) atoms. The van der Waals surface area contributed by atoms with E-state index < -0.39 is 29.3 Å². The number of hydrogen-bond donors (Lipinski definition) is 1. The summed E-state index contributed by atoms with van der Waals surface area (Å²) in [7, 11) is 0. The maximum Gasteiger partial charge on any atom is 0.436 e. The lowest BCUT2D eigenvalue weighted by molar-refractivity contribution is -0.141. The quantitative estimate of drug-likeness (QED) is 0.582. The Labute approximate surface area is 180 Å². The first kappa shape index (κ1) is 22.2. The molecule has 0 spiro atoms. The Hall–Kier alpha value is -2.52. The van der Waals surface area contributed by atoms with Crippen molar-refractivity contribution in [2.75, 3.05) is 5.32 Å². The average molecular weight is 460 g/mol. The van der Waals surface area contributed by atoms with Gasteiger partial charge in [0.2, 0.25) is 5.91 Å². The first-order valence-electron chi connectivity index (χ1n) is 8.85. The molecule has 0 saturated carbocycles. The van der Waals surface area contributed by atoms with Gasteiger partial charge < -0.3 is 5.32 Å². The van der Waals surface area contributed by atoms with Crippen LogP contribution in [0, 0.1) is 20.8 Å². The van der Waals surface area contributed by atoms with Crippen molar-refractivity contribution in [2.45, 2.75) is 40.0 Å². The normalized spacial score (nSPS) is 11.7. The zero-order valence-electron chi connectivity index (χ0n) is 16.3. The van der Waals surface area contributed by atoms with Gasteiger partial charge in [-0.05, 0) is 38.5 Å². The number of nitrogens with zero attached hydrogens (tertiary/aromatic N) is 4. The van der Waals surface area contributed by atoms with Crippen molar-refractivity contribution in [3.63, 3.8) is 0 Å². The van der Waals surface area contributed by atoms with Gasteiger partial charge in [0, 0.05) is 5.02 Å². The van der Waals surface area contributed by atoms with Crippen LogP contribution in [0.4, 0.5) is 18.9 Å². The van der Waals surface area contributed by atoms with Crippen molar-refractivity contribution in [1.29, 1.82) is 0 Å². The highest BCUT2D eigenvalue weighted by molar-refractivity contribution is 6.32. The molecule has 11 heteroatoms. The number of hydrogen-bond acceptors (Lipinski definition) is 3. The average Bonchev–Trinajstić information content (AvgIpc) is 3.07. The Morgan fingerprint density at radius 1 is 1.10 bits per heavy atom. The van der Waals surface area contributed by atoms with E-state index in [-0.39, 0.29) is 5.69 Å². The van der Waals surface area contributed by atoms with Gasteiger partial charge in [-0.2, -0.15) is 23.4 Å². The zero-order chi connectivity index (χ0) is 22.2. The van der Waals surface area contributed by atoms with Gasteiger partial charge in [0.05, 0.1) is 34.3 Å². The molecule has 160 valence electrons. The molecule has 3 aromatic rings. The summed E-state index contributed by atoms with van der Waals surface area (Å²) in [6, 6.07) is 7.33. The highest BCUT2D eigenvalue weighted by Crippen LogP contribution is 2.35. The van der Waals surface area contributed by atoms with Crippen molar-refractivity contribution in [1.82, 2.24) is 19.6 Å². The third-order valence-electron chi connectivity index (χ3n) is 4.56. The van der Waals surface area contributed by atoms with Crippen molar-refractivity contribution < 1.29 is 18.0 Å². The second kappa shape index (κ2) is 8.31. The van der Waals surface area contributed by atoms with E-state index in [2.05, 4.69) is 15.5 Å². The number of amides is 1. The smallest absolute Gasteiger partial charge is 0.321 e. The van der Waals surface area contributed by atoms with Gasteiger partial charge in [-0.15, -0.1) is 0 Å². The van der Waals surface area contributed by atoms with Gasteiger partial charge in [-0.3, -0.25) is 14.2 Å². The van der Waals surface area contributed by atoms with Gasteiger partial charge in [-0.1, -0.05) is 35.3 Å². The predicted molar refractivity (Wildman–Crippen MR) is 108 cm³/mol. The van der Waals surface area contributed by atoms with Crippen molar-refractivity contribution >= 4 is 34.8 Å². The summed E-state index contributed by atoms with van der Waals surface area (Å²) in [6.07, 6.45) is -4.70. The van der Waals surface area contributed by atoms with Gasteiger partial charge in [0.25, 0.3) is 0 Å². The molecule has 0 aliphatic heterocycles. The lowest BCUT2D eigenvalue weighted by Gasteiger charge is -2.09. The minimum atomic E-state index is -4.70. The summed E-state index contributed by atoms with van der Waals surface area (Å²) in [5.74, 6) is -0.542. The lowest BCUT2D eigenvalue weighted by atomic mass is 10.2. The molecule has 1 amide bonds. The van der Waals surface area contributed by atoms with E-state index in [1.54, 1.807) is 24.6 Å². The van der Waals surface area contributed by atoms with Gasteiger partial charge in [0.15, 0.2) is 5.69 Å². The summed E-state index contributed by atoms with van der Waals surface area (Å²) >= 11 is 11.7. The van der Waals surface area contributed by atoms with Crippen LogP contribution in [-0.2, 0) is 24.1 Å². The third-order valence-corrected chi connectivity index (χ3v) is 5.25. The number of benzene rings is 1. The van der Waals surface area contributed by atoms with E-state index >= 15 is 0 Å². The molecule has 6 nitrogen and oxygen atoms in total. The first-order chi connectivity index (χ1) is 14.0. The van der Waals surface area contributed by atoms with Crippen molar-refractivity contribution in [3.05, 3.63) is 62.6 Å². The van der Waals surface area contributed by atoms with E-state index in [0.29, 0.717) is 28.6 Å². The Morgan fingerprint density at radius 3 is 2.40 bits per heavy atom. The second-order valence-corrected chi connectivity index (χ2v) is 7.60. The topological polar surface area (TPSA) is 64.7 Å². The number of aryl methyl sites for hydroxylation is 1. The minimum absolute atomic E-state index is 0.0595. The number of alkyl halides is 3. The standard InChI is InChI=1S/C19H18Cl2F3N5O/c1-10-17(12(3)28(26-10)8-13-5-4-6-14(20)7-13)25-15(30)9-29-11(2)16(21)18(27-29)19(22,23)24/h4-7H,8-9H2,1-3H3,(H,25,30). The molecule has 0 aliphatic carbocycles. The molecule has 0 radical (unpaired) electrons. The van der Waals surface area contributed by atoms with E-state index in [1.165, 1.54) is 6.92 Å². The zero-order valence-corrected chi connectivity index (χ0v) is 17.8. The van der Waals surface area contributed by atoms with E-state index in [1.807, 2.05) is 18.2 Å². The molecule has 3 rings (SSSR count). The fourth-order valence-electron chi connectivity index (χ4n) is 3.01. The summed E-state index contributed by atoms with van der Waals surface area (Å²) in [6.45, 7) is 4.93. The molecule has 0 bridgehead atoms. The van der Waals surface area contributed by atoms with Crippen LogP contribution >= 0.6 is 23.2 Å². The molecule has 0 unspecified atom stereocenters. The molecule has 1 aromatic carbocycles. The molecule has 0 fully saturated rings. The van der Waals surface area contributed by atoms with Gasteiger partial charge in [0.1, 0.15) is 6.54 Å². The Balaban J connectivity index is 1.77. The highest BCUT2D eigenvalue weighted by Gasteiger charge is 2.38. The van der Waals surface area contributed by atoms with E-state index in [0.717, 1.165) is 10.2 Å². The number of anilines is 1. The lowest BCUT2D eigenvalue weighted by Crippen LogP contribution is -2.21. The molecule has 0 atom stereocenters. The van der Waals surface area contributed by atoms with Crippen LogP contribution in [-0.4, -0.2) is 25.5 Å². The number of aromatic nitrogens is 4. The summed E-state index contributed by atoms with van der Waals surface area (Å²) < 4.78 is 41.5. The van der Waals surface area contributed by atoms with Crippen LogP contribution in [0.15, 0.2) is 24.3 Å².